The highest BCUT2D eigenvalue weighted by Crippen LogP contribution is 2.14. The Morgan fingerprint density at radius 2 is 2.05 bits per heavy atom. The number of nitrogens with one attached hydrogen (secondary N) is 2. The zero-order valence-electron chi connectivity index (χ0n) is 12.3. The van der Waals surface area contributed by atoms with Crippen molar-refractivity contribution < 1.29 is 4.39 Å². The molecule has 0 radical (unpaired) electrons. The van der Waals surface area contributed by atoms with E-state index in [2.05, 4.69) is 36.7 Å². The van der Waals surface area contributed by atoms with Gasteiger partial charge in [-0.1, -0.05) is 15.9 Å². The molecule has 0 saturated heterocycles. The average Bonchev–Trinajstić information content (AvgIpc) is 2.83. The molecule has 1 heterocycles. The number of hydrogen-bond acceptors (Lipinski definition) is 2. The van der Waals surface area contributed by atoms with Crippen molar-refractivity contribution in [1.29, 1.82) is 0 Å². The Balaban J connectivity index is 0.00000242. The molecule has 120 valence electrons. The summed E-state index contributed by atoms with van der Waals surface area (Å²) in [4.78, 5) is 4.14. The van der Waals surface area contributed by atoms with Crippen LogP contribution in [0.3, 0.4) is 0 Å². The molecule has 5 nitrogen and oxygen atoms in total. The molecule has 8 heteroatoms. The van der Waals surface area contributed by atoms with Crippen LogP contribution in [0.2, 0.25) is 0 Å². The highest BCUT2D eigenvalue weighted by Gasteiger charge is 2.03. The van der Waals surface area contributed by atoms with Crippen LogP contribution in [0, 0.1) is 5.82 Å². The van der Waals surface area contributed by atoms with Crippen LogP contribution < -0.4 is 10.6 Å². The largest absolute Gasteiger partial charge is 0.352 e. The fraction of sp³-hybridized carbons (Fsp3) is 0.286. The Morgan fingerprint density at radius 1 is 1.32 bits per heavy atom. The summed E-state index contributed by atoms with van der Waals surface area (Å²) in [6, 6.07) is 6.72. The van der Waals surface area contributed by atoms with Crippen molar-refractivity contribution in [3.8, 4) is 0 Å². The van der Waals surface area contributed by atoms with E-state index in [1.165, 1.54) is 12.1 Å². The molecule has 0 aliphatic rings. The van der Waals surface area contributed by atoms with E-state index in [0.717, 1.165) is 15.7 Å². The average molecular weight is 482 g/mol. The predicted octanol–water partition coefficient (Wildman–Crippen LogP) is 2.80. The summed E-state index contributed by atoms with van der Waals surface area (Å²) in [6.07, 6.45) is 1.75. The van der Waals surface area contributed by atoms with Crippen molar-refractivity contribution in [2.75, 3.05) is 7.05 Å². The number of guanidine groups is 1. The molecular formula is C14H18BrFIN5. The van der Waals surface area contributed by atoms with E-state index in [4.69, 9.17) is 0 Å². The normalized spacial score (nSPS) is 11.0. The van der Waals surface area contributed by atoms with Crippen LogP contribution in [0.15, 0.2) is 39.9 Å². The first-order valence-corrected chi connectivity index (χ1v) is 7.24. The summed E-state index contributed by atoms with van der Waals surface area (Å²) < 4.78 is 15.8. The van der Waals surface area contributed by atoms with Gasteiger partial charge in [-0.25, -0.2) is 4.39 Å². The van der Waals surface area contributed by atoms with Gasteiger partial charge in [0.15, 0.2) is 5.96 Å². The van der Waals surface area contributed by atoms with Gasteiger partial charge in [-0.15, -0.1) is 24.0 Å². The van der Waals surface area contributed by atoms with E-state index in [-0.39, 0.29) is 29.8 Å². The van der Waals surface area contributed by atoms with Gasteiger partial charge in [-0.2, -0.15) is 5.10 Å². The number of hydrogen-bond donors (Lipinski definition) is 2. The Kier molecular flexibility index (Phi) is 7.80. The number of halogens is 3. The molecule has 0 amide bonds. The van der Waals surface area contributed by atoms with Crippen LogP contribution >= 0.6 is 39.9 Å². The van der Waals surface area contributed by atoms with E-state index in [1.807, 2.05) is 19.2 Å². The molecule has 0 unspecified atom stereocenters. The van der Waals surface area contributed by atoms with E-state index < -0.39 is 0 Å². The summed E-state index contributed by atoms with van der Waals surface area (Å²) in [5.74, 6) is 0.385. The molecule has 0 aliphatic heterocycles. The maximum absolute atomic E-state index is 13.3. The van der Waals surface area contributed by atoms with Gasteiger partial charge in [0, 0.05) is 31.3 Å². The molecule has 0 spiro atoms. The molecule has 2 rings (SSSR count). The van der Waals surface area contributed by atoms with Gasteiger partial charge in [-0.3, -0.25) is 9.67 Å². The van der Waals surface area contributed by atoms with Crippen molar-refractivity contribution in [1.82, 2.24) is 20.4 Å². The molecule has 1 aromatic heterocycles. The number of aromatic nitrogens is 2. The van der Waals surface area contributed by atoms with E-state index in [1.54, 1.807) is 17.9 Å². The van der Waals surface area contributed by atoms with Crippen molar-refractivity contribution >= 4 is 45.9 Å². The molecule has 0 aliphatic carbocycles. The Labute approximate surface area is 154 Å². The third-order valence-corrected chi connectivity index (χ3v) is 3.42. The van der Waals surface area contributed by atoms with Gasteiger partial charge >= 0.3 is 0 Å². The summed E-state index contributed by atoms with van der Waals surface area (Å²) in [5, 5.41) is 10.4. The summed E-state index contributed by atoms with van der Waals surface area (Å²) in [6.45, 7) is 1.10. The second-order valence-electron chi connectivity index (χ2n) is 4.50. The Bertz CT molecular complexity index is 624. The lowest BCUT2D eigenvalue weighted by Crippen LogP contribution is -2.36. The van der Waals surface area contributed by atoms with Crippen LogP contribution in [-0.2, 0) is 20.1 Å². The molecule has 0 atom stereocenters. The lowest BCUT2D eigenvalue weighted by atomic mass is 10.2. The van der Waals surface area contributed by atoms with Gasteiger partial charge < -0.3 is 10.6 Å². The molecule has 0 bridgehead atoms. The number of benzene rings is 1. The first kappa shape index (κ1) is 18.9. The molecule has 0 fully saturated rings. The molecule has 2 aromatic rings. The maximum Gasteiger partial charge on any atom is 0.191 e. The third-order valence-electron chi connectivity index (χ3n) is 2.97. The zero-order valence-corrected chi connectivity index (χ0v) is 16.2. The number of aliphatic imine (C=N–C) groups is 1. The zero-order chi connectivity index (χ0) is 15.2. The Hall–Kier alpha value is -1.16. The lowest BCUT2D eigenvalue weighted by Gasteiger charge is -2.12. The molecule has 22 heavy (non-hydrogen) atoms. The van der Waals surface area contributed by atoms with Gasteiger partial charge in [0.2, 0.25) is 0 Å². The van der Waals surface area contributed by atoms with E-state index in [0.29, 0.717) is 19.0 Å². The van der Waals surface area contributed by atoms with Crippen molar-refractivity contribution in [2.24, 2.45) is 12.0 Å². The fourth-order valence-corrected chi connectivity index (χ4v) is 2.38. The summed E-state index contributed by atoms with van der Waals surface area (Å²) in [7, 11) is 3.58. The fourth-order valence-electron chi connectivity index (χ4n) is 1.87. The molecule has 1 aromatic carbocycles. The first-order chi connectivity index (χ1) is 10.1. The number of rotatable bonds is 4. The maximum atomic E-state index is 13.3. The smallest absolute Gasteiger partial charge is 0.191 e. The molecule has 0 saturated carbocycles. The van der Waals surface area contributed by atoms with Crippen LogP contribution in [0.25, 0.3) is 0 Å². The molecular weight excluding hydrogens is 464 g/mol. The van der Waals surface area contributed by atoms with Crippen molar-refractivity contribution in [3.63, 3.8) is 0 Å². The minimum atomic E-state index is -0.265. The monoisotopic (exact) mass is 481 g/mol. The van der Waals surface area contributed by atoms with E-state index in [9.17, 15) is 4.39 Å². The van der Waals surface area contributed by atoms with Crippen LogP contribution in [-0.4, -0.2) is 22.8 Å². The highest BCUT2D eigenvalue weighted by molar-refractivity contribution is 14.0. The van der Waals surface area contributed by atoms with Gasteiger partial charge in [0.25, 0.3) is 0 Å². The van der Waals surface area contributed by atoms with Crippen molar-refractivity contribution in [2.45, 2.75) is 13.1 Å². The van der Waals surface area contributed by atoms with Crippen LogP contribution in [0.1, 0.15) is 11.3 Å². The third kappa shape index (κ3) is 5.56. The predicted molar refractivity (Wildman–Crippen MR) is 99.8 cm³/mol. The van der Waals surface area contributed by atoms with Crippen LogP contribution in [0.4, 0.5) is 4.39 Å². The topological polar surface area (TPSA) is 54.2 Å². The SMILES string of the molecule is CN=C(NCc1cc(F)cc(Br)c1)NCc1ccnn1C.I. The van der Waals surface area contributed by atoms with Crippen LogP contribution in [0.5, 0.6) is 0 Å². The van der Waals surface area contributed by atoms with Gasteiger partial charge in [0.1, 0.15) is 5.82 Å². The highest BCUT2D eigenvalue weighted by atomic mass is 127. The molecule has 2 N–H and O–H groups in total. The quantitative estimate of drug-likeness (QED) is 0.401. The Morgan fingerprint density at radius 3 is 2.64 bits per heavy atom. The minimum Gasteiger partial charge on any atom is -0.352 e. The van der Waals surface area contributed by atoms with E-state index >= 15 is 0 Å². The number of aryl methyl sites for hydroxylation is 1. The minimum absolute atomic E-state index is 0. The number of nitrogens with zero attached hydrogens (tertiary/aromatic N) is 3. The summed E-state index contributed by atoms with van der Waals surface area (Å²) in [5.41, 5.74) is 1.89. The first-order valence-electron chi connectivity index (χ1n) is 6.45. The summed E-state index contributed by atoms with van der Waals surface area (Å²) >= 11 is 3.28. The lowest BCUT2D eigenvalue weighted by molar-refractivity contribution is 0.623. The van der Waals surface area contributed by atoms with Crippen molar-refractivity contribution in [3.05, 3.63) is 52.0 Å². The van der Waals surface area contributed by atoms with Gasteiger partial charge in [-0.05, 0) is 29.8 Å². The second-order valence-corrected chi connectivity index (χ2v) is 5.42. The second kappa shape index (κ2) is 9.09. The van der Waals surface area contributed by atoms with Gasteiger partial charge in [0.05, 0.1) is 12.2 Å². The standard InChI is InChI=1S/C14H17BrFN5.HI/c1-17-14(19-9-13-3-4-20-21(13)2)18-8-10-5-11(15)7-12(16)6-10;/h3-7H,8-9H2,1-2H3,(H2,17,18,19);1H.